The van der Waals surface area contributed by atoms with Crippen molar-refractivity contribution in [3.8, 4) is 0 Å². The predicted molar refractivity (Wildman–Crippen MR) is 73.2 cm³/mol. The fourth-order valence-corrected chi connectivity index (χ4v) is 2.55. The number of benzene rings is 1. The molecule has 1 aliphatic carbocycles. The second kappa shape index (κ2) is 5.65. The van der Waals surface area contributed by atoms with Crippen molar-refractivity contribution in [3.05, 3.63) is 34.9 Å². The van der Waals surface area contributed by atoms with Crippen LogP contribution in [0.2, 0.25) is 0 Å². The first kappa shape index (κ1) is 12.6. The Balaban J connectivity index is 1.69. The van der Waals surface area contributed by atoms with Crippen molar-refractivity contribution in [1.29, 1.82) is 0 Å². The highest BCUT2D eigenvalue weighted by Gasteiger charge is 2.24. The van der Waals surface area contributed by atoms with Crippen LogP contribution in [0, 0.1) is 19.8 Å². The van der Waals surface area contributed by atoms with E-state index in [0.717, 1.165) is 25.4 Å². The fraction of sp³-hybridized carbons (Fsp3) is 0.600. The standard InChI is InChI=1S/C15H24N2/c1-11-3-4-12(2)14(7-11)5-6-17-10-13-8-15(16)9-13/h3-4,7,13,15,17H,5-6,8-10,16H2,1-2H3. The summed E-state index contributed by atoms with van der Waals surface area (Å²) in [7, 11) is 0. The van der Waals surface area contributed by atoms with Gasteiger partial charge in [-0.2, -0.15) is 0 Å². The fourth-order valence-electron chi connectivity index (χ4n) is 2.55. The molecule has 0 unspecified atom stereocenters. The van der Waals surface area contributed by atoms with Crippen LogP contribution < -0.4 is 11.1 Å². The Morgan fingerprint density at radius 2 is 2.06 bits per heavy atom. The highest BCUT2D eigenvalue weighted by molar-refractivity contribution is 5.30. The van der Waals surface area contributed by atoms with Crippen molar-refractivity contribution in [3.63, 3.8) is 0 Å². The quantitative estimate of drug-likeness (QED) is 0.764. The smallest absolute Gasteiger partial charge is 0.00450 e. The molecule has 2 heteroatoms. The van der Waals surface area contributed by atoms with E-state index in [2.05, 4.69) is 37.4 Å². The Morgan fingerprint density at radius 1 is 1.29 bits per heavy atom. The number of hydrogen-bond acceptors (Lipinski definition) is 2. The van der Waals surface area contributed by atoms with E-state index in [9.17, 15) is 0 Å². The first-order valence-electron chi connectivity index (χ1n) is 6.67. The van der Waals surface area contributed by atoms with Gasteiger partial charge in [-0.05, 0) is 63.2 Å². The highest BCUT2D eigenvalue weighted by Crippen LogP contribution is 2.24. The largest absolute Gasteiger partial charge is 0.328 e. The average molecular weight is 232 g/mol. The maximum Gasteiger partial charge on any atom is 0.00450 e. The van der Waals surface area contributed by atoms with E-state index in [4.69, 9.17) is 5.73 Å². The van der Waals surface area contributed by atoms with Gasteiger partial charge in [0.15, 0.2) is 0 Å². The van der Waals surface area contributed by atoms with Gasteiger partial charge in [0.2, 0.25) is 0 Å². The molecular weight excluding hydrogens is 208 g/mol. The molecule has 1 aromatic rings. The second-order valence-electron chi connectivity index (χ2n) is 5.48. The average Bonchev–Trinajstić information content (AvgIpc) is 2.26. The maximum absolute atomic E-state index is 5.77. The van der Waals surface area contributed by atoms with Crippen LogP contribution in [0.4, 0.5) is 0 Å². The molecular formula is C15H24N2. The summed E-state index contributed by atoms with van der Waals surface area (Å²) in [6.07, 6.45) is 3.54. The van der Waals surface area contributed by atoms with Crippen molar-refractivity contribution < 1.29 is 0 Å². The van der Waals surface area contributed by atoms with Crippen LogP contribution >= 0.6 is 0 Å². The number of aryl methyl sites for hydroxylation is 2. The molecule has 1 aliphatic rings. The van der Waals surface area contributed by atoms with E-state index in [1.165, 1.54) is 29.5 Å². The van der Waals surface area contributed by atoms with Crippen LogP contribution in [0.1, 0.15) is 29.5 Å². The number of nitrogens with two attached hydrogens (primary N) is 1. The van der Waals surface area contributed by atoms with E-state index in [1.54, 1.807) is 0 Å². The molecule has 0 heterocycles. The molecule has 0 radical (unpaired) electrons. The summed E-state index contributed by atoms with van der Waals surface area (Å²) in [6.45, 7) is 6.57. The maximum atomic E-state index is 5.77. The van der Waals surface area contributed by atoms with E-state index in [-0.39, 0.29) is 0 Å². The molecule has 94 valence electrons. The summed E-state index contributed by atoms with van der Waals surface area (Å²) in [5.74, 6) is 0.823. The lowest BCUT2D eigenvalue weighted by molar-refractivity contribution is 0.257. The Labute approximate surface area is 105 Å². The normalized spacial score (nSPS) is 23.5. The lowest BCUT2D eigenvalue weighted by Crippen LogP contribution is -2.41. The van der Waals surface area contributed by atoms with E-state index in [1.807, 2.05) is 0 Å². The van der Waals surface area contributed by atoms with Crippen molar-refractivity contribution in [1.82, 2.24) is 5.32 Å². The van der Waals surface area contributed by atoms with Gasteiger partial charge in [-0.1, -0.05) is 23.8 Å². The Kier molecular flexibility index (Phi) is 4.19. The van der Waals surface area contributed by atoms with Crippen LogP contribution in [-0.4, -0.2) is 19.1 Å². The first-order chi connectivity index (χ1) is 8.15. The van der Waals surface area contributed by atoms with Crippen LogP contribution in [0.5, 0.6) is 0 Å². The summed E-state index contributed by atoms with van der Waals surface area (Å²) in [5, 5.41) is 3.55. The molecule has 1 saturated carbocycles. The molecule has 0 amide bonds. The monoisotopic (exact) mass is 232 g/mol. The zero-order valence-electron chi connectivity index (χ0n) is 11.0. The van der Waals surface area contributed by atoms with E-state index >= 15 is 0 Å². The summed E-state index contributed by atoms with van der Waals surface area (Å²) in [6, 6.07) is 7.18. The van der Waals surface area contributed by atoms with E-state index in [0.29, 0.717) is 6.04 Å². The Morgan fingerprint density at radius 3 is 2.76 bits per heavy atom. The molecule has 17 heavy (non-hydrogen) atoms. The van der Waals surface area contributed by atoms with Gasteiger partial charge < -0.3 is 11.1 Å². The third kappa shape index (κ3) is 3.55. The van der Waals surface area contributed by atoms with Crippen molar-refractivity contribution in [2.45, 2.75) is 39.2 Å². The molecule has 0 aliphatic heterocycles. The first-order valence-corrected chi connectivity index (χ1v) is 6.67. The number of rotatable bonds is 5. The van der Waals surface area contributed by atoms with Gasteiger partial charge >= 0.3 is 0 Å². The SMILES string of the molecule is Cc1ccc(C)c(CCNCC2CC(N)C2)c1. The highest BCUT2D eigenvalue weighted by atomic mass is 14.9. The topological polar surface area (TPSA) is 38.0 Å². The van der Waals surface area contributed by atoms with Gasteiger partial charge in [-0.3, -0.25) is 0 Å². The van der Waals surface area contributed by atoms with Gasteiger partial charge in [0.25, 0.3) is 0 Å². The molecule has 0 spiro atoms. The molecule has 3 N–H and O–H groups in total. The molecule has 1 fully saturated rings. The second-order valence-corrected chi connectivity index (χ2v) is 5.48. The summed E-state index contributed by atoms with van der Waals surface area (Å²) < 4.78 is 0. The molecule has 2 nitrogen and oxygen atoms in total. The van der Waals surface area contributed by atoms with Crippen LogP contribution in [0.3, 0.4) is 0 Å². The molecule has 2 rings (SSSR count). The predicted octanol–water partition coefficient (Wildman–Crippen LogP) is 2.17. The minimum Gasteiger partial charge on any atom is -0.328 e. The van der Waals surface area contributed by atoms with Gasteiger partial charge in [0.1, 0.15) is 0 Å². The Bertz CT molecular complexity index is 367. The van der Waals surface area contributed by atoms with Gasteiger partial charge in [0.05, 0.1) is 0 Å². The summed E-state index contributed by atoms with van der Waals surface area (Å²) in [5.41, 5.74) is 10.0. The van der Waals surface area contributed by atoms with Crippen molar-refractivity contribution in [2.75, 3.05) is 13.1 Å². The third-order valence-corrected chi connectivity index (χ3v) is 3.78. The summed E-state index contributed by atoms with van der Waals surface area (Å²) >= 11 is 0. The lowest BCUT2D eigenvalue weighted by Gasteiger charge is -2.32. The van der Waals surface area contributed by atoms with Gasteiger partial charge in [0, 0.05) is 6.04 Å². The molecule has 1 aromatic carbocycles. The molecule has 0 saturated heterocycles. The molecule has 0 aromatic heterocycles. The van der Waals surface area contributed by atoms with Gasteiger partial charge in [-0.15, -0.1) is 0 Å². The van der Waals surface area contributed by atoms with Crippen LogP contribution in [0.25, 0.3) is 0 Å². The van der Waals surface area contributed by atoms with Gasteiger partial charge in [-0.25, -0.2) is 0 Å². The molecule has 0 atom stereocenters. The zero-order valence-corrected chi connectivity index (χ0v) is 11.0. The minimum absolute atomic E-state index is 0.473. The number of hydrogen-bond donors (Lipinski definition) is 2. The number of nitrogens with one attached hydrogen (secondary N) is 1. The van der Waals surface area contributed by atoms with Crippen LogP contribution in [0.15, 0.2) is 18.2 Å². The minimum atomic E-state index is 0.473. The lowest BCUT2D eigenvalue weighted by atomic mass is 9.81. The van der Waals surface area contributed by atoms with Crippen LogP contribution in [-0.2, 0) is 6.42 Å². The Hall–Kier alpha value is -0.860. The van der Waals surface area contributed by atoms with Crippen molar-refractivity contribution in [2.24, 2.45) is 11.7 Å². The summed E-state index contributed by atoms with van der Waals surface area (Å²) in [4.78, 5) is 0. The van der Waals surface area contributed by atoms with Crippen molar-refractivity contribution >= 4 is 0 Å². The molecule has 0 bridgehead atoms. The third-order valence-electron chi connectivity index (χ3n) is 3.78. The van der Waals surface area contributed by atoms with E-state index < -0.39 is 0 Å². The zero-order chi connectivity index (χ0) is 12.3.